The van der Waals surface area contributed by atoms with Gasteiger partial charge in [-0.25, -0.2) is 14.6 Å². The summed E-state index contributed by atoms with van der Waals surface area (Å²) in [5.74, 6) is -1.57. The van der Waals surface area contributed by atoms with Crippen molar-refractivity contribution in [2.24, 2.45) is 0 Å². The number of thiazole rings is 1. The van der Waals surface area contributed by atoms with Crippen LogP contribution in [-0.4, -0.2) is 30.1 Å². The summed E-state index contributed by atoms with van der Waals surface area (Å²) in [6.07, 6.45) is 0. The van der Waals surface area contributed by atoms with Crippen molar-refractivity contribution in [2.45, 2.75) is 33.6 Å². The molecule has 0 fully saturated rings. The number of dihydropyridines is 1. The second-order valence-corrected chi connectivity index (χ2v) is 9.22. The van der Waals surface area contributed by atoms with Gasteiger partial charge in [0.05, 0.1) is 36.0 Å². The maximum atomic E-state index is 13.1. The van der Waals surface area contributed by atoms with E-state index in [1.165, 1.54) is 11.3 Å². The molecular formula is C28H29N3O4S. The lowest BCUT2D eigenvalue weighted by atomic mass is 9.80. The number of nitrogen functional groups attached to an aromatic ring is 1. The first-order valence-corrected chi connectivity index (χ1v) is 12.7. The Morgan fingerprint density at radius 1 is 0.944 bits per heavy atom. The van der Waals surface area contributed by atoms with Crippen LogP contribution in [0, 0.1) is 0 Å². The van der Waals surface area contributed by atoms with Crippen LogP contribution in [-0.2, 0) is 19.1 Å². The highest BCUT2D eigenvalue weighted by Crippen LogP contribution is 2.41. The fourth-order valence-electron chi connectivity index (χ4n) is 4.33. The molecule has 2 aromatic carbocycles. The van der Waals surface area contributed by atoms with Gasteiger partial charge in [-0.15, -0.1) is 11.3 Å². The van der Waals surface area contributed by atoms with Gasteiger partial charge in [-0.2, -0.15) is 0 Å². The maximum Gasteiger partial charge on any atom is 0.336 e. The van der Waals surface area contributed by atoms with Crippen LogP contribution in [0.3, 0.4) is 0 Å². The number of esters is 2. The minimum Gasteiger partial charge on any atom is -0.463 e. The molecule has 0 atom stereocenters. The number of nitrogens with zero attached hydrogens (tertiary/aromatic N) is 1. The Hall–Kier alpha value is -3.91. The molecule has 0 bridgehead atoms. The highest BCUT2D eigenvalue weighted by atomic mass is 32.1. The van der Waals surface area contributed by atoms with Crippen LogP contribution in [0.15, 0.2) is 76.5 Å². The molecule has 7 nitrogen and oxygen atoms in total. The van der Waals surface area contributed by atoms with Crippen LogP contribution >= 0.6 is 11.3 Å². The van der Waals surface area contributed by atoms with Gasteiger partial charge in [-0.05, 0) is 51.5 Å². The third-order valence-electron chi connectivity index (χ3n) is 5.93. The number of carbonyl (C=O) groups is 2. The van der Waals surface area contributed by atoms with Crippen molar-refractivity contribution in [1.82, 2.24) is 10.3 Å². The number of rotatable bonds is 7. The molecule has 0 unspecified atom stereocenters. The van der Waals surface area contributed by atoms with E-state index in [0.29, 0.717) is 28.2 Å². The lowest BCUT2D eigenvalue weighted by Crippen LogP contribution is -2.32. The Bertz CT molecular complexity index is 1320. The molecule has 8 heteroatoms. The van der Waals surface area contributed by atoms with E-state index in [9.17, 15) is 9.59 Å². The monoisotopic (exact) mass is 503 g/mol. The SMILES string of the molecule is CCOC(=O)C1=C(C)NC(C)=C(C(=O)OCC)C1c1cccc(-c2nc(-c3ccc(N)cc3)cs2)c1. The minimum atomic E-state index is -0.638. The van der Waals surface area contributed by atoms with Gasteiger partial charge in [0.15, 0.2) is 0 Å². The summed E-state index contributed by atoms with van der Waals surface area (Å²) in [4.78, 5) is 30.9. The molecule has 3 N–H and O–H groups in total. The van der Waals surface area contributed by atoms with Crippen molar-refractivity contribution in [1.29, 1.82) is 0 Å². The van der Waals surface area contributed by atoms with Crippen molar-refractivity contribution in [3.05, 3.63) is 82.0 Å². The maximum absolute atomic E-state index is 13.1. The highest BCUT2D eigenvalue weighted by Gasteiger charge is 2.38. The highest BCUT2D eigenvalue weighted by molar-refractivity contribution is 7.13. The van der Waals surface area contributed by atoms with Crippen LogP contribution in [0.1, 0.15) is 39.2 Å². The van der Waals surface area contributed by atoms with E-state index < -0.39 is 17.9 Å². The van der Waals surface area contributed by atoms with Crippen LogP contribution in [0.25, 0.3) is 21.8 Å². The molecule has 0 amide bonds. The van der Waals surface area contributed by atoms with Crippen LogP contribution in [0.2, 0.25) is 0 Å². The van der Waals surface area contributed by atoms with E-state index in [1.807, 2.05) is 67.8 Å². The summed E-state index contributed by atoms with van der Waals surface area (Å²) in [6, 6.07) is 15.3. The normalized spacial score (nSPS) is 14.0. The first-order valence-electron chi connectivity index (χ1n) is 11.8. The second-order valence-electron chi connectivity index (χ2n) is 8.36. The zero-order chi connectivity index (χ0) is 25.8. The van der Waals surface area contributed by atoms with Crippen LogP contribution in [0.5, 0.6) is 0 Å². The number of nitrogens with one attached hydrogen (secondary N) is 1. The largest absolute Gasteiger partial charge is 0.463 e. The Morgan fingerprint density at radius 2 is 1.56 bits per heavy atom. The molecular weight excluding hydrogens is 474 g/mol. The minimum absolute atomic E-state index is 0.229. The van der Waals surface area contributed by atoms with E-state index >= 15 is 0 Å². The lowest BCUT2D eigenvalue weighted by molar-refractivity contribution is -0.139. The van der Waals surface area contributed by atoms with Gasteiger partial charge in [0, 0.05) is 33.6 Å². The van der Waals surface area contributed by atoms with Crippen molar-refractivity contribution in [3.8, 4) is 21.8 Å². The summed E-state index contributed by atoms with van der Waals surface area (Å²) in [5.41, 5.74) is 12.1. The molecule has 0 saturated carbocycles. The Kier molecular flexibility index (Phi) is 7.55. The predicted molar refractivity (Wildman–Crippen MR) is 142 cm³/mol. The fraction of sp³-hybridized carbons (Fsp3) is 0.250. The molecule has 0 radical (unpaired) electrons. The molecule has 4 rings (SSSR count). The van der Waals surface area contributed by atoms with Crippen molar-refractivity contribution in [3.63, 3.8) is 0 Å². The third kappa shape index (κ3) is 5.04. The summed E-state index contributed by atoms with van der Waals surface area (Å²) >= 11 is 1.53. The number of anilines is 1. The molecule has 36 heavy (non-hydrogen) atoms. The van der Waals surface area contributed by atoms with E-state index in [4.69, 9.17) is 20.2 Å². The van der Waals surface area contributed by atoms with E-state index in [0.717, 1.165) is 27.4 Å². The van der Waals surface area contributed by atoms with E-state index in [-0.39, 0.29) is 13.2 Å². The fourth-order valence-corrected chi connectivity index (χ4v) is 5.16. The number of hydrogen-bond acceptors (Lipinski definition) is 8. The van der Waals surface area contributed by atoms with Gasteiger partial charge in [-0.3, -0.25) is 0 Å². The molecule has 3 aromatic rings. The molecule has 0 aliphatic carbocycles. The number of allylic oxidation sites excluding steroid dienone is 2. The smallest absolute Gasteiger partial charge is 0.336 e. The summed E-state index contributed by atoms with van der Waals surface area (Å²) in [5, 5.41) is 6.00. The predicted octanol–water partition coefficient (Wildman–Crippen LogP) is 5.42. The van der Waals surface area contributed by atoms with Gasteiger partial charge >= 0.3 is 11.9 Å². The standard InChI is InChI=1S/C28H29N3O4S/c1-5-34-27(32)23-16(3)30-17(4)24(28(33)35-6-2)25(23)19-8-7-9-20(14-19)26-31-22(15-36-26)18-10-12-21(29)13-11-18/h7-15,25,30H,5-6,29H2,1-4H3. The van der Waals surface area contributed by atoms with Gasteiger partial charge < -0.3 is 20.5 Å². The summed E-state index contributed by atoms with van der Waals surface area (Å²) in [6.45, 7) is 7.60. The van der Waals surface area contributed by atoms with Crippen molar-refractivity contribution in [2.75, 3.05) is 18.9 Å². The summed E-state index contributed by atoms with van der Waals surface area (Å²) < 4.78 is 10.7. The van der Waals surface area contributed by atoms with Gasteiger partial charge in [-0.1, -0.05) is 30.3 Å². The van der Waals surface area contributed by atoms with Gasteiger partial charge in [0.25, 0.3) is 0 Å². The topological polar surface area (TPSA) is 104 Å². The first-order chi connectivity index (χ1) is 17.3. The van der Waals surface area contributed by atoms with Crippen LogP contribution < -0.4 is 11.1 Å². The Balaban J connectivity index is 1.79. The van der Waals surface area contributed by atoms with Gasteiger partial charge in [0.2, 0.25) is 0 Å². The van der Waals surface area contributed by atoms with E-state index in [1.54, 1.807) is 13.8 Å². The number of ether oxygens (including phenoxy) is 2. The Morgan fingerprint density at radius 3 is 2.14 bits per heavy atom. The van der Waals surface area contributed by atoms with Crippen molar-refractivity contribution < 1.29 is 19.1 Å². The van der Waals surface area contributed by atoms with Crippen LogP contribution in [0.4, 0.5) is 5.69 Å². The zero-order valence-corrected chi connectivity index (χ0v) is 21.6. The quantitative estimate of drug-likeness (QED) is 0.328. The molecule has 1 aliphatic heterocycles. The molecule has 2 heterocycles. The molecule has 0 saturated heterocycles. The van der Waals surface area contributed by atoms with E-state index in [2.05, 4.69) is 5.32 Å². The number of carbonyl (C=O) groups excluding carboxylic acids is 2. The summed E-state index contributed by atoms with van der Waals surface area (Å²) in [7, 11) is 0. The average molecular weight is 504 g/mol. The van der Waals surface area contributed by atoms with Gasteiger partial charge in [0.1, 0.15) is 5.01 Å². The number of nitrogens with two attached hydrogens (primary N) is 1. The van der Waals surface area contributed by atoms with Crippen molar-refractivity contribution >= 4 is 29.0 Å². The second kappa shape index (κ2) is 10.8. The first kappa shape index (κ1) is 25.2. The molecule has 1 aliphatic rings. The number of benzene rings is 2. The Labute approximate surface area is 214 Å². The third-order valence-corrected chi connectivity index (χ3v) is 6.82. The number of hydrogen-bond donors (Lipinski definition) is 2. The molecule has 0 spiro atoms. The lowest BCUT2D eigenvalue weighted by Gasteiger charge is -2.30. The molecule has 186 valence electrons. The number of aromatic nitrogens is 1. The zero-order valence-electron chi connectivity index (χ0n) is 20.8. The average Bonchev–Trinajstić information content (AvgIpc) is 3.35. The molecule has 1 aromatic heterocycles.